The average Bonchev–Trinajstić information content (AvgIpc) is 2.54. The number of ether oxygens (including phenoxy) is 1. The van der Waals surface area contributed by atoms with Gasteiger partial charge in [-0.3, -0.25) is 4.21 Å². The Kier molecular flexibility index (Phi) is 4.66. The summed E-state index contributed by atoms with van der Waals surface area (Å²) in [6.45, 7) is -2.11. The van der Waals surface area contributed by atoms with Crippen molar-refractivity contribution in [1.82, 2.24) is 5.32 Å². The number of nitrogens with one attached hydrogen (secondary N) is 1. The first-order chi connectivity index (χ1) is 8.66. The Morgan fingerprint density at radius 1 is 1.39 bits per heavy atom. The normalized spacial score (nSPS) is 24.8. The average molecular weight is 275 g/mol. The maximum atomic E-state index is 12.3. The van der Waals surface area contributed by atoms with Crippen molar-refractivity contribution in [3.8, 4) is 5.75 Å². The van der Waals surface area contributed by atoms with Crippen LogP contribution in [0.1, 0.15) is 18.0 Å². The molecule has 3 nitrogen and oxygen atoms in total. The Labute approximate surface area is 107 Å². The summed E-state index contributed by atoms with van der Waals surface area (Å²) in [5.41, 5.74) is 0.646. The molecule has 0 radical (unpaired) electrons. The topological polar surface area (TPSA) is 38.3 Å². The van der Waals surface area contributed by atoms with Gasteiger partial charge in [0, 0.05) is 33.9 Å². The van der Waals surface area contributed by atoms with E-state index in [0.29, 0.717) is 17.1 Å². The lowest BCUT2D eigenvalue weighted by molar-refractivity contribution is -0.0506. The maximum absolute atomic E-state index is 12.3. The fourth-order valence-electron chi connectivity index (χ4n) is 2.01. The monoisotopic (exact) mass is 275 g/mol. The third kappa shape index (κ3) is 3.49. The predicted octanol–water partition coefficient (Wildman–Crippen LogP) is 2.07. The van der Waals surface area contributed by atoms with Crippen LogP contribution in [0.2, 0.25) is 0 Å². The fraction of sp³-hybridized carbons (Fsp3) is 0.500. The van der Waals surface area contributed by atoms with E-state index in [1.807, 2.05) is 0 Å². The molecule has 1 aromatic carbocycles. The van der Waals surface area contributed by atoms with Crippen molar-refractivity contribution in [2.45, 2.75) is 19.1 Å². The highest BCUT2D eigenvalue weighted by Gasteiger charge is 2.21. The zero-order valence-corrected chi connectivity index (χ0v) is 10.6. The first kappa shape index (κ1) is 13.4. The maximum Gasteiger partial charge on any atom is 0.387 e. The molecule has 0 aliphatic carbocycles. The molecular weight excluding hydrogens is 260 g/mol. The van der Waals surface area contributed by atoms with Crippen molar-refractivity contribution in [2.24, 2.45) is 0 Å². The van der Waals surface area contributed by atoms with E-state index in [0.717, 1.165) is 13.0 Å². The van der Waals surface area contributed by atoms with Crippen molar-refractivity contribution < 1.29 is 17.7 Å². The van der Waals surface area contributed by atoms with E-state index in [-0.39, 0.29) is 11.8 Å². The quantitative estimate of drug-likeness (QED) is 0.917. The highest BCUT2D eigenvalue weighted by atomic mass is 32.2. The number of hydrogen-bond donors (Lipinski definition) is 1. The van der Waals surface area contributed by atoms with E-state index in [4.69, 9.17) is 0 Å². The second kappa shape index (κ2) is 6.24. The van der Waals surface area contributed by atoms with Gasteiger partial charge in [0.2, 0.25) is 0 Å². The van der Waals surface area contributed by atoms with E-state index >= 15 is 0 Å². The van der Waals surface area contributed by atoms with Crippen molar-refractivity contribution >= 4 is 10.8 Å². The van der Waals surface area contributed by atoms with Gasteiger partial charge in [-0.1, -0.05) is 18.2 Å². The van der Waals surface area contributed by atoms with Gasteiger partial charge in [0.25, 0.3) is 0 Å². The molecule has 0 bridgehead atoms. The van der Waals surface area contributed by atoms with Crippen LogP contribution in [0, 0.1) is 0 Å². The zero-order valence-electron chi connectivity index (χ0n) is 9.77. The van der Waals surface area contributed by atoms with Gasteiger partial charge in [-0.15, -0.1) is 0 Å². The van der Waals surface area contributed by atoms with Crippen LogP contribution >= 0.6 is 0 Å². The van der Waals surface area contributed by atoms with Crippen LogP contribution in [0.3, 0.4) is 0 Å². The molecule has 0 aromatic heterocycles. The van der Waals surface area contributed by atoms with Crippen LogP contribution in [-0.4, -0.2) is 28.9 Å². The van der Waals surface area contributed by atoms with E-state index in [2.05, 4.69) is 10.1 Å². The van der Waals surface area contributed by atoms with Crippen molar-refractivity contribution in [3.63, 3.8) is 0 Å². The number of hydrogen-bond acceptors (Lipinski definition) is 3. The minimum atomic E-state index is -2.84. The lowest BCUT2D eigenvalue weighted by Gasteiger charge is -2.19. The molecule has 2 rings (SSSR count). The second-order valence-electron chi connectivity index (χ2n) is 4.09. The molecular formula is C12H15F2NO2S. The Morgan fingerprint density at radius 2 is 2.17 bits per heavy atom. The third-order valence-corrected chi connectivity index (χ3v) is 4.25. The molecule has 0 spiro atoms. The summed E-state index contributed by atoms with van der Waals surface area (Å²) in [7, 11) is -0.915. The van der Waals surface area contributed by atoms with E-state index in [9.17, 15) is 13.0 Å². The molecule has 1 aromatic rings. The molecule has 1 fully saturated rings. The molecule has 1 N–H and O–H groups in total. The second-order valence-corrected chi connectivity index (χ2v) is 5.71. The first-order valence-electron chi connectivity index (χ1n) is 5.79. The molecule has 2 atom stereocenters. The number of rotatable bonds is 3. The van der Waals surface area contributed by atoms with Gasteiger partial charge in [0.1, 0.15) is 5.75 Å². The van der Waals surface area contributed by atoms with Crippen LogP contribution in [0.4, 0.5) is 8.78 Å². The highest BCUT2D eigenvalue weighted by Crippen LogP contribution is 2.28. The number of para-hydroxylation sites is 1. The van der Waals surface area contributed by atoms with E-state index < -0.39 is 17.4 Å². The van der Waals surface area contributed by atoms with Crippen LogP contribution < -0.4 is 10.1 Å². The Balaban J connectivity index is 2.22. The minimum absolute atomic E-state index is 0.156. The van der Waals surface area contributed by atoms with E-state index in [1.165, 1.54) is 6.07 Å². The standard InChI is InChI=1S/C12H15F2NO2S/c13-12(14)17-11-5-2-1-4-9(11)10-8-18(16)7-3-6-15-10/h1-2,4-5,10,12,15H,3,6-8H2. The molecule has 18 heavy (non-hydrogen) atoms. The Morgan fingerprint density at radius 3 is 2.94 bits per heavy atom. The molecule has 1 heterocycles. The summed E-state index contributed by atoms with van der Waals surface area (Å²) in [5, 5.41) is 3.22. The van der Waals surface area contributed by atoms with Gasteiger partial charge in [0.05, 0.1) is 0 Å². The summed E-state index contributed by atoms with van der Waals surface area (Å²) in [4.78, 5) is 0. The lowest BCUT2D eigenvalue weighted by atomic mass is 10.1. The summed E-state index contributed by atoms with van der Waals surface area (Å²) in [5.74, 6) is 1.24. The van der Waals surface area contributed by atoms with Gasteiger partial charge >= 0.3 is 6.61 Å². The molecule has 1 saturated heterocycles. The number of halogens is 2. The lowest BCUT2D eigenvalue weighted by Crippen LogP contribution is -2.24. The summed E-state index contributed by atoms with van der Waals surface area (Å²) in [6, 6.07) is 6.47. The van der Waals surface area contributed by atoms with Crippen LogP contribution in [-0.2, 0) is 10.8 Å². The van der Waals surface area contributed by atoms with Crippen LogP contribution in [0.15, 0.2) is 24.3 Å². The summed E-state index contributed by atoms with van der Waals surface area (Å²) in [6.07, 6.45) is 0.834. The van der Waals surface area contributed by atoms with Crippen molar-refractivity contribution in [3.05, 3.63) is 29.8 Å². The minimum Gasteiger partial charge on any atom is -0.434 e. The molecule has 1 aliphatic rings. The number of benzene rings is 1. The van der Waals surface area contributed by atoms with Crippen LogP contribution in [0.5, 0.6) is 5.75 Å². The Hall–Kier alpha value is -1.01. The fourth-order valence-corrected chi connectivity index (χ4v) is 3.31. The Bertz CT molecular complexity index is 428. The first-order valence-corrected chi connectivity index (χ1v) is 7.27. The van der Waals surface area contributed by atoms with Crippen molar-refractivity contribution in [1.29, 1.82) is 0 Å². The van der Waals surface area contributed by atoms with Gasteiger partial charge in [-0.05, 0) is 19.0 Å². The van der Waals surface area contributed by atoms with E-state index in [1.54, 1.807) is 18.2 Å². The molecule has 6 heteroatoms. The van der Waals surface area contributed by atoms with Crippen molar-refractivity contribution in [2.75, 3.05) is 18.1 Å². The summed E-state index contributed by atoms with van der Waals surface area (Å²) >= 11 is 0. The smallest absolute Gasteiger partial charge is 0.387 e. The third-order valence-electron chi connectivity index (χ3n) is 2.80. The molecule has 2 unspecified atom stereocenters. The molecule has 100 valence electrons. The van der Waals surface area contributed by atoms with Gasteiger partial charge < -0.3 is 10.1 Å². The van der Waals surface area contributed by atoms with Gasteiger partial charge in [0.15, 0.2) is 0 Å². The zero-order chi connectivity index (χ0) is 13.0. The molecule has 0 amide bonds. The molecule has 0 saturated carbocycles. The van der Waals surface area contributed by atoms with Gasteiger partial charge in [-0.25, -0.2) is 0 Å². The SMILES string of the molecule is O=S1CCCNC(c2ccccc2OC(F)F)C1. The predicted molar refractivity (Wildman–Crippen MR) is 66.3 cm³/mol. The molecule has 1 aliphatic heterocycles. The highest BCUT2D eigenvalue weighted by molar-refractivity contribution is 7.85. The largest absolute Gasteiger partial charge is 0.434 e. The van der Waals surface area contributed by atoms with Crippen LogP contribution in [0.25, 0.3) is 0 Å². The summed E-state index contributed by atoms with van der Waals surface area (Å²) < 4.78 is 40.8. The van der Waals surface area contributed by atoms with Gasteiger partial charge in [-0.2, -0.15) is 8.78 Å². The number of alkyl halides is 2.